The molecule has 0 fully saturated rings. The van der Waals surface area contributed by atoms with E-state index in [1.165, 1.54) is 23.2 Å². The van der Waals surface area contributed by atoms with E-state index in [1.54, 1.807) is 23.6 Å². The number of nitrogens with zero attached hydrogens (tertiary/aromatic N) is 4. The van der Waals surface area contributed by atoms with Gasteiger partial charge in [-0.15, -0.1) is 11.3 Å². The summed E-state index contributed by atoms with van der Waals surface area (Å²) in [6.07, 6.45) is 6.38. The zero-order valence-corrected chi connectivity index (χ0v) is 13.0. The van der Waals surface area contributed by atoms with Crippen LogP contribution >= 0.6 is 11.3 Å². The summed E-state index contributed by atoms with van der Waals surface area (Å²) in [5.41, 5.74) is 1.89. The molecule has 0 aromatic carbocycles. The first-order valence-corrected chi connectivity index (χ1v) is 8.10. The molecular weight excluding hydrogens is 314 g/mol. The minimum absolute atomic E-state index is 0.105. The molecule has 8 heteroatoms. The Kier molecular flexibility index (Phi) is 3.58. The summed E-state index contributed by atoms with van der Waals surface area (Å²) < 4.78 is 5.13. The predicted molar refractivity (Wildman–Crippen MR) is 82.8 cm³/mol. The maximum absolute atomic E-state index is 12.2. The third kappa shape index (κ3) is 2.85. The third-order valence-electron chi connectivity index (χ3n) is 3.65. The molecule has 116 valence electrons. The van der Waals surface area contributed by atoms with Gasteiger partial charge in [0.1, 0.15) is 12.0 Å². The van der Waals surface area contributed by atoms with E-state index in [4.69, 9.17) is 4.52 Å². The highest BCUT2D eigenvalue weighted by Gasteiger charge is 2.19. The van der Waals surface area contributed by atoms with Gasteiger partial charge in [-0.05, 0) is 37.0 Å². The molecule has 0 unspecified atom stereocenters. The molecule has 3 aromatic heterocycles. The topological polar surface area (TPSA) is 93.8 Å². The van der Waals surface area contributed by atoms with Crippen molar-refractivity contribution in [2.45, 2.75) is 25.8 Å². The Bertz CT molecular complexity index is 821. The van der Waals surface area contributed by atoms with Crippen LogP contribution in [-0.4, -0.2) is 26.0 Å². The highest BCUT2D eigenvalue weighted by atomic mass is 32.1. The summed E-state index contributed by atoms with van der Waals surface area (Å²) in [4.78, 5) is 26.4. The molecule has 7 nitrogen and oxygen atoms in total. The molecular formula is C15H13N5O2S. The van der Waals surface area contributed by atoms with Gasteiger partial charge in [0, 0.05) is 11.1 Å². The lowest BCUT2D eigenvalue weighted by Gasteiger charge is -1.99. The third-order valence-corrected chi connectivity index (χ3v) is 4.89. The number of hydrogen-bond donors (Lipinski definition) is 1. The molecule has 4 rings (SSSR count). The van der Waals surface area contributed by atoms with Crippen molar-refractivity contribution in [1.29, 1.82) is 0 Å². The molecule has 3 aromatic rings. The van der Waals surface area contributed by atoms with Gasteiger partial charge in [-0.3, -0.25) is 4.79 Å². The van der Waals surface area contributed by atoms with Crippen LogP contribution < -0.4 is 5.32 Å². The number of carbonyl (C=O) groups excluding carboxylic acids is 1. The summed E-state index contributed by atoms with van der Waals surface area (Å²) in [6, 6.07) is 3.68. The lowest BCUT2D eigenvalue weighted by molar-refractivity contribution is 0.0950. The minimum Gasteiger partial charge on any atom is -0.342 e. The van der Waals surface area contributed by atoms with Crippen molar-refractivity contribution < 1.29 is 9.32 Å². The van der Waals surface area contributed by atoms with Gasteiger partial charge in [0.2, 0.25) is 11.7 Å². The second-order valence-electron chi connectivity index (χ2n) is 5.20. The largest absolute Gasteiger partial charge is 0.342 e. The maximum atomic E-state index is 12.2. The van der Waals surface area contributed by atoms with Crippen LogP contribution in [0.25, 0.3) is 11.5 Å². The predicted octanol–water partition coefficient (Wildman–Crippen LogP) is 2.01. The quantitative estimate of drug-likeness (QED) is 0.788. The van der Waals surface area contributed by atoms with Crippen LogP contribution in [0.15, 0.2) is 29.2 Å². The van der Waals surface area contributed by atoms with E-state index in [0.717, 1.165) is 17.7 Å². The van der Waals surface area contributed by atoms with Crippen molar-refractivity contribution in [3.63, 3.8) is 0 Å². The zero-order chi connectivity index (χ0) is 15.6. The Balaban J connectivity index is 1.41. The van der Waals surface area contributed by atoms with Gasteiger partial charge >= 0.3 is 0 Å². The van der Waals surface area contributed by atoms with E-state index in [2.05, 4.69) is 25.4 Å². The Hall–Kier alpha value is -2.61. The van der Waals surface area contributed by atoms with Crippen LogP contribution in [0.4, 0.5) is 0 Å². The van der Waals surface area contributed by atoms with Crippen LogP contribution in [0.1, 0.15) is 32.4 Å². The lowest BCUT2D eigenvalue weighted by Crippen LogP contribution is -2.22. The van der Waals surface area contributed by atoms with Gasteiger partial charge in [0.05, 0.1) is 11.4 Å². The Morgan fingerprint density at radius 1 is 1.39 bits per heavy atom. The van der Waals surface area contributed by atoms with Crippen LogP contribution in [0.2, 0.25) is 0 Å². The molecule has 0 saturated carbocycles. The second kappa shape index (κ2) is 5.88. The van der Waals surface area contributed by atoms with E-state index >= 15 is 0 Å². The molecule has 0 radical (unpaired) electrons. The number of thiophene rings is 1. The number of nitrogens with one attached hydrogen (secondary N) is 1. The van der Waals surface area contributed by atoms with E-state index in [-0.39, 0.29) is 12.5 Å². The number of rotatable bonds is 4. The van der Waals surface area contributed by atoms with E-state index in [1.807, 2.05) is 6.07 Å². The molecule has 23 heavy (non-hydrogen) atoms. The first-order valence-electron chi connectivity index (χ1n) is 7.28. The Labute approximate surface area is 135 Å². The molecule has 1 aliphatic carbocycles. The fraction of sp³-hybridized carbons (Fsp3) is 0.267. The molecule has 0 saturated heterocycles. The molecule has 1 aliphatic rings. The highest BCUT2D eigenvalue weighted by molar-refractivity contribution is 7.14. The van der Waals surface area contributed by atoms with Gasteiger partial charge in [-0.1, -0.05) is 5.16 Å². The van der Waals surface area contributed by atoms with Gasteiger partial charge in [0.15, 0.2) is 0 Å². The SMILES string of the molecule is O=C(NCc1nc(-c2ccncn2)no1)c1cc2c(s1)CCC2. The first kappa shape index (κ1) is 14.0. The van der Waals surface area contributed by atoms with Gasteiger partial charge in [0.25, 0.3) is 5.91 Å². The summed E-state index contributed by atoms with van der Waals surface area (Å²) in [5.74, 6) is 0.619. The van der Waals surface area contributed by atoms with Crippen molar-refractivity contribution in [2.75, 3.05) is 0 Å². The second-order valence-corrected chi connectivity index (χ2v) is 6.34. The average Bonchev–Trinajstić information content (AvgIpc) is 3.29. The standard InChI is InChI=1S/C15H13N5O2S/c21-15(12-6-9-2-1-3-11(9)23-12)17-7-13-19-14(20-22-13)10-4-5-16-8-18-10/h4-6,8H,1-3,7H2,(H,17,21). The van der Waals surface area contributed by atoms with Crippen LogP contribution in [-0.2, 0) is 19.4 Å². The molecule has 1 amide bonds. The molecule has 0 atom stereocenters. The van der Waals surface area contributed by atoms with Gasteiger partial charge < -0.3 is 9.84 Å². The van der Waals surface area contributed by atoms with Crippen molar-refractivity contribution in [3.05, 3.63) is 45.9 Å². The van der Waals surface area contributed by atoms with Crippen molar-refractivity contribution in [2.24, 2.45) is 0 Å². The Morgan fingerprint density at radius 3 is 3.17 bits per heavy atom. The van der Waals surface area contributed by atoms with Crippen molar-refractivity contribution in [3.8, 4) is 11.5 Å². The summed E-state index contributed by atoms with van der Waals surface area (Å²) in [7, 11) is 0. The van der Waals surface area contributed by atoms with Gasteiger partial charge in [-0.2, -0.15) is 4.98 Å². The molecule has 0 bridgehead atoms. The number of fused-ring (bicyclic) bond motifs is 1. The number of aryl methyl sites for hydroxylation is 2. The number of aromatic nitrogens is 4. The van der Waals surface area contributed by atoms with Crippen LogP contribution in [0.3, 0.4) is 0 Å². The normalized spacial score (nSPS) is 13.0. The molecule has 0 aliphatic heterocycles. The molecule has 3 heterocycles. The van der Waals surface area contributed by atoms with E-state index in [0.29, 0.717) is 17.4 Å². The lowest BCUT2D eigenvalue weighted by atomic mass is 10.2. The van der Waals surface area contributed by atoms with E-state index < -0.39 is 0 Å². The van der Waals surface area contributed by atoms with Crippen LogP contribution in [0, 0.1) is 0 Å². The molecule has 0 spiro atoms. The Morgan fingerprint density at radius 2 is 2.35 bits per heavy atom. The maximum Gasteiger partial charge on any atom is 0.261 e. The van der Waals surface area contributed by atoms with Crippen molar-refractivity contribution in [1.82, 2.24) is 25.4 Å². The number of amides is 1. The fourth-order valence-corrected chi connectivity index (χ4v) is 3.71. The monoisotopic (exact) mass is 327 g/mol. The number of hydrogen-bond acceptors (Lipinski definition) is 7. The molecule has 1 N–H and O–H groups in total. The minimum atomic E-state index is -0.105. The number of carbonyl (C=O) groups is 1. The first-order chi connectivity index (χ1) is 11.3. The van der Waals surface area contributed by atoms with Gasteiger partial charge in [-0.25, -0.2) is 9.97 Å². The highest BCUT2D eigenvalue weighted by Crippen LogP contribution is 2.30. The fourth-order valence-electron chi connectivity index (χ4n) is 2.54. The van der Waals surface area contributed by atoms with Crippen molar-refractivity contribution >= 4 is 17.2 Å². The smallest absolute Gasteiger partial charge is 0.261 e. The summed E-state index contributed by atoms with van der Waals surface area (Å²) >= 11 is 1.57. The summed E-state index contributed by atoms with van der Waals surface area (Å²) in [6.45, 7) is 0.194. The van der Waals surface area contributed by atoms with E-state index in [9.17, 15) is 4.79 Å². The van der Waals surface area contributed by atoms with Crippen LogP contribution in [0.5, 0.6) is 0 Å². The summed E-state index contributed by atoms with van der Waals surface area (Å²) in [5, 5.41) is 6.66. The average molecular weight is 327 g/mol. The zero-order valence-electron chi connectivity index (χ0n) is 12.2.